The summed E-state index contributed by atoms with van der Waals surface area (Å²) in [7, 11) is 1.85. The lowest BCUT2D eigenvalue weighted by atomic mass is 10.0. The number of aromatic nitrogens is 3. The van der Waals surface area contributed by atoms with Gasteiger partial charge < -0.3 is 15.2 Å². The molecule has 0 unspecified atom stereocenters. The molecule has 2 rings (SSSR count). The molecule has 0 aliphatic carbocycles. The van der Waals surface area contributed by atoms with Gasteiger partial charge in [0.25, 0.3) is 0 Å². The zero-order chi connectivity index (χ0) is 16.8. The molecular formula is C15H25N5O2S. The number of likely N-dealkylation sites (tertiary alicyclic amines) is 1. The molecule has 0 radical (unpaired) electrons. The van der Waals surface area contributed by atoms with Crippen molar-refractivity contribution in [3.8, 4) is 0 Å². The number of nitrogens with two attached hydrogens (primary N) is 1. The summed E-state index contributed by atoms with van der Waals surface area (Å²) in [6, 6.07) is 0.377. The normalized spacial score (nSPS) is 18.2. The van der Waals surface area contributed by atoms with Crippen LogP contribution in [-0.2, 0) is 23.1 Å². The minimum absolute atomic E-state index is 0.170. The van der Waals surface area contributed by atoms with E-state index in [1.807, 2.05) is 16.5 Å². The number of carbonyl (C=O) groups excluding carboxylic acids is 2. The van der Waals surface area contributed by atoms with E-state index in [1.165, 1.54) is 18.2 Å². The van der Waals surface area contributed by atoms with Crippen LogP contribution in [0.1, 0.15) is 44.9 Å². The average molecular weight is 339 g/mol. The van der Waals surface area contributed by atoms with Crippen molar-refractivity contribution in [2.75, 3.05) is 12.3 Å². The summed E-state index contributed by atoms with van der Waals surface area (Å²) in [5.41, 5.74) is 5.15. The Morgan fingerprint density at radius 1 is 1.35 bits per heavy atom. The molecule has 1 fully saturated rings. The Bertz CT molecular complexity index is 560. The van der Waals surface area contributed by atoms with Gasteiger partial charge in [-0.3, -0.25) is 9.59 Å². The molecule has 1 aliphatic rings. The molecule has 1 saturated heterocycles. The van der Waals surface area contributed by atoms with E-state index in [4.69, 9.17) is 5.73 Å². The van der Waals surface area contributed by atoms with E-state index in [0.29, 0.717) is 29.2 Å². The Hall–Kier alpha value is -1.57. The number of thioether (sulfide) groups is 1. The largest absolute Gasteiger partial charge is 0.370 e. The van der Waals surface area contributed by atoms with Crippen LogP contribution in [0, 0.1) is 0 Å². The molecule has 1 aromatic heterocycles. The van der Waals surface area contributed by atoms with Gasteiger partial charge in [0.05, 0.1) is 5.75 Å². The van der Waals surface area contributed by atoms with Gasteiger partial charge in [-0.25, -0.2) is 0 Å². The standard InChI is InChI=1S/C15H25N5O2S/c1-3-11-6-4-5-9-20(11)14(22)10-23-15-18-17-13(19(15)2)8-7-12(16)21/h11H,3-10H2,1-2H3,(H2,16,21)/t11-/m1/s1. The highest BCUT2D eigenvalue weighted by Gasteiger charge is 2.25. The highest BCUT2D eigenvalue weighted by atomic mass is 32.2. The van der Waals surface area contributed by atoms with Gasteiger partial charge in [0.2, 0.25) is 11.8 Å². The number of nitrogens with zero attached hydrogens (tertiary/aromatic N) is 4. The molecule has 23 heavy (non-hydrogen) atoms. The van der Waals surface area contributed by atoms with Crippen molar-refractivity contribution in [2.45, 2.75) is 56.6 Å². The Labute approximate surface area is 141 Å². The van der Waals surface area contributed by atoms with Crippen molar-refractivity contribution in [2.24, 2.45) is 12.8 Å². The first-order chi connectivity index (χ1) is 11.0. The van der Waals surface area contributed by atoms with E-state index in [2.05, 4.69) is 17.1 Å². The second kappa shape index (κ2) is 8.33. The Morgan fingerprint density at radius 3 is 2.83 bits per heavy atom. The minimum Gasteiger partial charge on any atom is -0.370 e. The third-order valence-electron chi connectivity index (χ3n) is 4.26. The third-order valence-corrected chi connectivity index (χ3v) is 5.27. The summed E-state index contributed by atoms with van der Waals surface area (Å²) in [6.07, 6.45) is 5.14. The van der Waals surface area contributed by atoms with Crippen LogP contribution < -0.4 is 5.73 Å². The van der Waals surface area contributed by atoms with Crippen LogP contribution in [0.25, 0.3) is 0 Å². The maximum atomic E-state index is 12.5. The quantitative estimate of drug-likeness (QED) is 0.751. The molecule has 1 aliphatic heterocycles. The summed E-state index contributed by atoms with van der Waals surface area (Å²) >= 11 is 1.40. The molecule has 128 valence electrons. The minimum atomic E-state index is -0.354. The number of hydrogen-bond donors (Lipinski definition) is 1. The zero-order valence-electron chi connectivity index (χ0n) is 13.8. The van der Waals surface area contributed by atoms with Gasteiger partial charge in [-0.05, 0) is 25.7 Å². The van der Waals surface area contributed by atoms with E-state index in [9.17, 15) is 9.59 Å². The second-order valence-electron chi connectivity index (χ2n) is 5.86. The third kappa shape index (κ3) is 4.70. The lowest BCUT2D eigenvalue weighted by Crippen LogP contribution is -2.44. The predicted octanol–water partition coefficient (Wildman–Crippen LogP) is 1.12. The van der Waals surface area contributed by atoms with Gasteiger partial charge >= 0.3 is 0 Å². The number of rotatable bonds is 7. The lowest BCUT2D eigenvalue weighted by molar-refractivity contribution is -0.132. The summed E-state index contributed by atoms with van der Waals surface area (Å²) in [4.78, 5) is 25.3. The summed E-state index contributed by atoms with van der Waals surface area (Å²) in [5, 5.41) is 8.87. The van der Waals surface area contributed by atoms with Gasteiger partial charge in [0, 0.05) is 32.5 Å². The number of aryl methyl sites for hydroxylation is 1. The fraction of sp³-hybridized carbons (Fsp3) is 0.733. The van der Waals surface area contributed by atoms with Crippen LogP contribution in [0.3, 0.4) is 0 Å². The molecule has 0 bridgehead atoms. The molecule has 2 amide bonds. The van der Waals surface area contributed by atoms with Crippen molar-refractivity contribution in [3.05, 3.63) is 5.82 Å². The SMILES string of the molecule is CC[C@@H]1CCCCN1C(=O)CSc1nnc(CCC(N)=O)n1C. The topological polar surface area (TPSA) is 94.1 Å². The van der Waals surface area contributed by atoms with Crippen LogP contribution in [0.15, 0.2) is 5.16 Å². The molecule has 0 saturated carbocycles. The fourth-order valence-corrected chi connectivity index (χ4v) is 3.70. The highest BCUT2D eigenvalue weighted by Crippen LogP contribution is 2.22. The van der Waals surface area contributed by atoms with Gasteiger partial charge in [0.1, 0.15) is 5.82 Å². The van der Waals surface area contributed by atoms with Gasteiger partial charge in [0.15, 0.2) is 5.16 Å². The van der Waals surface area contributed by atoms with E-state index in [1.54, 1.807) is 0 Å². The van der Waals surface area contributed by atoms with Crippen molar-refractivity contribution in [1.29, 1.82) is 0 Å². The molecule has 7 nitrogen and oxygen atoms in total. The van der Waals surface area contributed by atoms with Crippen LogP contribution in [0.2, 0.25) is 0 Å². The second-order valence-corrected chi connectivity index (χ2v) is 6.80. The first-order valence-electron chi connectivity index (χ1n) is 8.11. The van der Waals surface area contributed by atoms with Crippen LogP contribution in [0.5, 0.6) is 0 Å². The number of carbonyl (C=O) groups is 2. The Kier molecular flexibility index (Phi) is 6.44. The van der Waals surface area contributed by atoms with Crippen molar-refractivity contribution >= 4 is 23.6 Å². The molecule has 1 aromatic rings. The maximum absolute atomic E-state index is 12.5. The highest BCUT2D eigenvalue weighted by molar-refractivity contribution is 7.99. The molecule has 2 N–H and O–H groups in total. The van der Waals surface area contributed by atoms with Gasteiger partial charge in [-0.2, -0.15) is 0 Å². The van der Waals surface area contributed by atoms with E-state index < -0.39 is 0 Å². The Morgan fingerprint density at radius 2 is 2.13 bits per heavy atom. The van der Waals surface area contributed by atoms with Crippen LogP contribution in [0.4, 0.5) is 0 Å². The molecule has 8 heteroatoms. The fourth-order valence-electron chi connectivity index (χ4n) is 2.89. The van der Waals surface area contributed by atoms with Crippen molar-refractivity contribution < 1.29 is 9.59 Å². The average Bonchev–Trinajstić information content (AvgIpc) is 2.90. The maximum Gasteiger partial charge on any atom is 0.233 e. The first kappa shape index (κ1) is 17.8. The van der Waals surface area contributed by atoms with Crippen molar-refractivity contribution in [3.63, 3.8) is 0 Å². The molecule has 0 aromatic carbocycles. The van der Waals surface area contributed by atoms with E-state index >= 15 is 0 Å². The molecule has 2 heterocycles. The number of piperidine rings is 1. The lowest BCUT2D eigenvalue weighted by Gasteiger charge is -2.35. The summed E-state index contributed by atoms with van der Waals surface area (Å²) in [5.74, 6) is 0.901. The zero-order valence-corrected chi connectivity index (χ0v) is 14.6. The molecular weight excluding hydrogens is 314 g/mol. The monoisotopic (exact) mass is 339 g/mol. The number of primary amides is 1. The summed E-state index contributed by atoms with van der Waals surface area (Å²) < 4.78 is 1.83. The number of hydrogen-bond acceptors (Lipinski definition) is 5. The van der Waals surface area contributed by atoms with Gasteiger partial charge in [-0.15, -0.1) is 10.2 Å². The summed E-state index contributed by atoms with van der Waals surface area (Å²) in [6.45, 7) is 3.00. The van der Waals surface area contributed by atoms with E-state index in [-0.39, 0.29) is 18.2 Å². The first-order valence-corrected chi connectivity index (χ1v) is 9.10. The van der Waals surface area contributed by atoms with Crippen LogP contribution in [-0.4, -0.2) is 49.8 Å². The van der Waals surface area contributed by atoms with E-state index in [0.717, 1.165) is 25.8 Å². The van der Waals surface area contributed by atoms with Gasteiger partial charge in [-0.1, -0.05) is 18.7 Å². The molecule has 0 spiro atoms. The smallest absolute Gasteiger partial charge is 0.233 e. The van der Waals surface area contributed by atoms with Crippen LogP contribution >= 0.6 is 11.8 Å². The molecule has 1 atom stereocenters. The van der Waals surface area contributed by atoms with Crippen molar-refractivity contribution in [1.82, 2.24) is 19.7 Å². The predicted molar refractivity (Wildman–Crippen MR) is 88.9 cm³/mol. The number of amides is 2. The Balaban J connectivity index is 1.90.